The molecule has 0 spiro atoms. The maximum absolute atomic E-state index is 13.5. The first-order chi connectivity index (χ1) is 9.47. The van der Waals surface area contributed by atoms with Gasteiger partial charge in [0.25, 0.3) is 5.91 Å². The number of benzene rings is 1. The Morgan fingerprint density at radius 3 is 2.80 bits per heavy atom. The molecule has 0 saturated carbocycles. The molecule has 1 heterocycles. The maximum atomic E-state index is 13.5. The third kappa shape index (κ3) is 3.46. The van der Waals surface area contributed by atoms with Crippen LogP contribution in [0.5, 0.6) is 0 Å². The van der Waals surface area contributed by atoms with Crippen LogP contribution in [-0.4, -0.2) is 35.7 Å². The van der Waals surface area contributed by atoms with E-state index in [9.17, 15) is 14.0 Å². The largest absolute Gasteiger partial charge is 0.479 e. The van der Waals surface area contributed by atoms with Crippen molar-refractivity contribution in [3.63, 3.8) is 0 Å². The van der Waals surface area contributed by atoms with Gasteiger partial charge in [-0.3, -0.25) is 4.79 Å². The molecule has 1 saturated heterocycles. The second-order valence-electron chi connectivity index (χ2n) is 4.50. The zero-order chi connectivity index (χ0) is 14.7. The lowest BCUT2D eigenvalue weighted by molar-refractivity contribution is -0.149. The van der Waals surface area contributed by atoms with Gasteiger partial charge in [-0.15, -0.1) is 0 Å². The van der Waals surface area contributed by atoms with E-state index in [0.29, 0.717) is 12.8 Å². The van der Waals surface area contributed by atoms with Gasteiger partial charge in [0, 0.05) is 11.6 Å². The summed E-state index contributed by atoms with van der Waals surface area (Å²) in [7, 11) is 0. The number of carboxylic acids is 1. The van der Waals surface area contributed by atoms with Crippen LogP contribution >= 0.6 is 11.6 Å². The summed E-state index contributed by atoms with van der Waals surface area (Å²) in [6.45, 7) is 0.144. The van der Waals surface area contributed by atoms with Crippen molar-refractivity contribution >= 4 is 23.5 Å². The molecule has 1 aromatic rings. The van der Waals surface area contributed by atoms with Gasteiger partial charge in [-0.25, -0.2) is 9.18 Å². The molecule has 2 rings (SSSR count). The molecule has 7 heteroatoms. The summed E-state index contributed by atoms with van der Waals surface area (Å²) in [6, 6.07) is 3.78. The van der Waals surface area contributed by atoms with E-state index in [1.54, 1.807) is 0 Å². The van der Waals surface area contributed by atoms with Crippen LogP contribution in [0.3, 0.4) is 0 Å². The van der Waals surface area contributed by atoms with E-state index in [1.807, 2.05) is 0 Å². The fourth-order valence-corrected chi connectivity index (χ4v) is 2.17. The minimum Gasteiger partial charge on any atom is -0.479 e. The van der Waals surface area contributed by atoms with Crippen molar-refractivity contribution < 1.29 is 23.8 Å². The van der Waals surface area contributed by atoms with Gasteiger partial charge in [0.05, 0.1) is 11.7 Å². The van der Waals surface area contributed by atoms with E-state index >= 15 is 0 Å². The Morgan fingerprint density at radius 2 is 2.20 bits per heavy atom. The highest BCUT2D eigenvalue weighted by Crippen LogP contribution is 2.19. The summed E-state index contributed by atoms with van der Waals surface area (Å²) >= 11 is 5.60. The summed E-state index contributed by atoms with van der Waals surface area (Å²) in [6.07, 6.45) is -0.245. The molecule has 108 valence electrons. The molecule has 20 heavy (non-hydrogen) atoms. The number of halogens is 2. The fraction of sp³-hybridized carbons (Fsp3) is 0.385. The van der Waals surface area contributed by atoms with E-state index in [2.05, 4.69) is 5.32 Å². The third-order valence-corrected chi connectivity index (χ3v) is 3.28. The Hall–Kier alpha value is -1.66. The molecular formula is C13H13ClFNO4. The zero-order valence-electron chi connectivity index (χ0n) is 10.4. The number of amides is 1. The normalized spacial score (nSPS) is 21.7. The minimum absolute atomic E-state index is 0.109. The number of carbonyl (C=O) groups is 2. The lowest BCUT2D eigenvalue weighted by Gasteiger charge is -2.12. The van der Waals surface area contributed by atoms with Gasteiger partial charge in [0.1, 0.15) is 5.82 Å². The van der Waals surface area contributed by atoms with Gasteiger partial charge in [0.15, 0.2) is 6.10 Å². The van der Waals surface area contributed by atoms with E-state index < -0.39 is 23.8 Å². The van der Waals surface area contributed by atoms with Crippen molar-refractivity contribution in [2.45, 2.75) is 25.0 Å². The van der Waals surface area contributed by atoms with E-state index in [0.717, 1.165) is 6.07 Å². The zero-order valence-corrected chi connectivity index (χ0v) is 11.2. The molecule has 0 radical (unpaired) electrons. The second-order valence-corrected chi connectivity index (χ2v) is 4.93. The SMILES string of the molecule is O=C(NCC1CCC(C(=O)O)O1)c1ccc(Cl)cc1F. The summed E-state index contributed by atoms with van der Waals surface area (Å²) in [5.41, 5.74) is -0.109. The molecule has 1 amide bonds. The standard InChI is InChI=1S/C13H13ClFNO4/c14-7-1-3-9(10(15)5-7)12(17)16-6-8-2-4-11(20-8)13(18)19/h1,3,5,8,11H,2,4,6H2,(H,16,17)(H,18,19). The molecular weight excluding hydrogens is 289 g/mol. The summed E-state index contributed by atoms with van der Waals surface area (Å²) in [5, 5.41) is 11.5. The summed E-state index contributed by atoms with van der Waals surface area (Å²) in [5.74, 6) is -2.30. The Morgan fingerprint density at radius 1 is 1.45 bits per heavy atom. The number of rotatable bonds is 4. The first-order valence-corrected chi connectivity index (χ1v) is 6.46. The van der Waals surface area contributed by atoms with Crippen LogP contribution in [0.25, 0.3) is 0 Å². The number of hydrogen-bond donors (Lipinski definition) is 2. The number of hydrogen-bond acceptors (Lipinski definition) is 3. The molecule has 1 aliphatic heterocycles. The van der Waals surface area contributed by atoms with Crippen LogP contribution < -0.4 is 5.32 Å². The van der Waals surface area contributed by atoms with Crippen molar-refractivity contribution in [1.82, 2.24) is 5.32 Å². The minimum atomic E-state index is -1.01. The van der Waals surface area contributed by atoms with Crippen molar-refractivity contribution in [2.24, 2.45) is 0 Å². The van der Waals surface area contributed by atoms with Gasteiger partial charge in [-0.1, -0.05) is 11.6 Å². The number of nitrogens with one attached hydrogen (secondary N) is 1. The van der Waals surface area contributed by atoms with Gasteiger partial charge < -0.3 is 15.2 Å². The first kappa shape index (κ1) is 14.7. The van der Waals surface area contributed by atoms with Crippen LogP contribution in [0.1, 0.15) is 23.2 Å². The van der Waals surface area contributed by atoms with Crippen molar-refractivity contribution in [3.05, 3.63) is 34.6 Å². The molecule has 5 nitrogen and oxygen atoms in total. The Labute approximate surface area is 119 Å². The molecule has 2 atom stereocenters. The highest BCUT2D eigenvalue weighted by atomic mass is 35.5. The van der Waals surface area contributed by atoms with E-state index in [1.165, 1.54) is 12.1 Å². The summed E-state index contributed by atoms with van der Waals surface area (Å²) < 4.78 is 18.7. The molecule has 1 aromatic carbocycles. The average Bonchev–Trinajstić information content (AvgIpc) is 2.85. The van der Waals surface area contributed by atoms with E-state index in [-0.39, 0.29) is 23.2 Å². The number of carbonyl (C=O) groups excluding carboxylic acids is 1. The van der Waals surface area contributed by atoms with Crippen LogP contribution in [0, 0.1) is 5.82 Å². The summed E-state index contributed by atoms with van der Waals surface area (Å²) in [4.78, 5) is 22.5. The lowest BCUT2D eigenvalue weighted by atomic mass is 10.1. The Kier molecular flexibility index (Phi) is 4.57. The van der Waals surface area contributed by atoms with Crippen molar-refractivity contribution in [1.29, 1.82) is 0 Å². The molecule has 0 bridgehead atoms. The van der Waals surface area contributed by atoms with Crippen LogP contribution in [-0.2, 0) is 9.53 Å². The smallest absolute Gasteiger partial charge is 0.332 e. The second kappa shape index (κ2) is 6.19. The lowest BCUT2D eigenvalue weighted by Crippen LogP contribution is -2.33. The van der Waals surface area contributed by atoms with Gasteiger partial charge in [0.2, 0.25) is 0 Å². The Bertz CT molecular complexity index is 537. The van der Waals surface area contributed by atoms with Gasteiger partial charge >= 0.3 is 5.97 Å². The molecule has 0 aromatic heterocycles. The van der Waals surface area contributed by atoms with Crippen molar-refractivity contribution in [2.75, 3.05) is 6.54 Å². The number of aliphatic carboxylic acids is 1. The topological polar surface area (TPSA) is 75.6 Å². The maximum Gasteiger partial charge on any atom is 0.332 e. The quantitative estimate of drug-likeness (QED) is 0.890. The highest BCUT2D eigenvalue weighted by molar-refractivity contribution is 6.30. The fourth-order valence-electron chi connectivity index (χ4n) is 2.01. The van der Waals surface area contributed by atoms with Crippen molar-refractivity contribution in [3.8, 4) is 0 Å². The number of ether oxygens (including phenoxy) is 1. The van der Waals surface area contributed by atoms with Crippen LogP contribution in [0.2, 0.25) is 5.02 Å². The number of carboxylic acid groups (broad SMARTS) is 1. The highest BCUT2D eigenvalue weighted by Gasteiger charge is 2.30. The predicted octanol–water partition coefficient (Wildman–Crippen LogP) is 1.84. The predicted molar refractivity (Wildman–Crippen MR) is 69.3 cm³/mol. The first-order valence-electron chi connectivity index (χ1n) is 6.09. The Balaban J connectivity index is 1.88. The van der Waals surface area contributed by atoms with Crippen LogP contribution in [0.15, 0.2) is 18.2 Å². The third-order valence-electron chi connectivity index (χ3n) is 3.05. The molecule has 2 N–H and O–H groups in total. The average molecular weight is 302 g/mol. The molecule has 1 aliphatic rings. The molecule has 1 fully saturated rings. The van der Waals surface area contributed by atoms with Gasteiger partial charge in [-0.05, 0) is 31.0 Å². The van der Waals surface area contributed by atoms with Gasteiger partial charge in [-0.2, -0.15) is 0 Å². The van der Waals surface area contributed by atoms with Crippen LogP contribution in [0.4, 0.5) is 4.39 Å². The monoisotopic (exact) mass is 301 g/mol. The molecule has 0 aliphatic carbocycles. The molecule has 2 unspecified atom stereocenters. The van der Waals surface area contributed by atoms with E-state index in [4.69, 9.17) is 21.4 Å².